The second kappa shape index (κ2) is 3.96. The lowest BCUT2D eigenvalue weighted by atomic mass is 9.94. The first-order chi connectivity index (χ1) is 7.25. The molecule has 0 spiro atoms. The minimum atomic E-state index is -1.09. The van der Waals surface area contributed by atoms with Crippen molar-refractivity contribution in [1.82, 2.24) is 9.13 Å². The van der Waals surface area contributed by atoms with Gasteiger partial charge in [0.05, 0.1) is 5.41 Å². The number of carbonyl (C=O) groups is 1. The fourth-order valence-electron chi connectivity index (χ4n) is 1.21. The van der Waals surface area contributed by atoms with Crippen LogP contribution in [0.3, 0.4) is 0 Å². The molecule has 6 heteroatoms. The van der Waals surface area contributed by atoms with Crippen molar-refractivity contribution in [2.24, 2.45) is 12.5 Å². The number of hydrogen-bond donors (Lipinski definition) is 1. The Balaban J connectivity index is 3.19. The quantitative estimate of drug-likeness (QED) is 0.715. The van der Waals surface area contributed by atoms with E-state index in [0.717, 1.165) is 9.13 Å². The number of carboxylic acid groups (broad SMARTS) is 1. The fourth-order valence-corrected chi connectivity index (χ4v) is 1.21. The minimum Gasteiger partial charge on any atom is -0.481 e. The molecule has 0 aliphatic heterocycles. The summed E-state index contributed by atoms with van der Waals surface area (Å²) in [6.07, 6.45) is 2.84. The van der Waals surface area contributed by atoms with E-state index in [-0.39, 0.29) is 6.54 Å². The van der Waals surface area contributed by atoms with E-state index >= 15 is 0 Å². The van der Waals surface area contributed by atoms with Crippen LogP contribution in [0.25, 0.3) is 0 Å². The fraction of sp³-hybridized carbons (Fsp3) is 0.500. The number of aliphatic carboxylic acids is 1. The van der Waals surface area contributed by atoms with Gasteiger partial charge in [0.1, 0.15) is 0 Å². The molecular weight excluding hydrogens is 212 g/mol. The van der Waals surface area contributed by atoms with Gasteiger partial charge in [-0.3, -0.25) is 14.4 Å². The zero-order valence-electron chi connectivity index (χ0n) is 9.43. The molecule has 0 saturated carbocycles. The van der Waals surface area contributed by atoms with E-state index in [1.807, 2.05) is 0 Å². The highest BCUT2D eigenvalue weighted by Crippen LogP contribution is 2.16. The van der Waals surface area contributed by atoms with Gasteiger partial charge < -0.3 is 14.2 Å². The van der Waals surface area contributed by atoms with Gasteiger partial charge in [0.2, 0.25) is 0 Å². The molecule has 0 aliphatic rings. The zero-order chi connectivity index (χ0) is 12.5. The molecule has 0 saturated heterocycles. The Bertz CT molecular complexity index is 524. The molecule has 0 aliphatic carbocycles. The zero-order valence-corrected chi connectivity index (χ0v) is 9.43. The lowest BCUT2D eigenvalue weighted by molar-refractivity contribution is -0.147. The average Bonchev–Trinajstić information content (AvgIpc) is 2.19. The van der Waals surface area contributed by atoms with Gasteiger partial charge in [-0.2, -0.15) is 0 Å². The van der Waals surface area contributed by atoms with E-state index in [1.54, 1.807) is 0 Å². The van der Waals surface area contributed by atoms with Crippen LogP contribution in [0.4, 0.5) is 0 Å². The minimum absolute atomic E-state index is 0.0305. The largest absolute Gasteiger partial charge is 0.481 e. The van der Waals surface area contributed by atoms with Crippen LogP contribution in [0.1, 0.15) is 13.8 Å². The highest BCUT2D eigenvalue weighted by molar-refractivity contribution is 5.73. The van der Waals surface area contributed by atoms with Crippen molar-refractivity contribution in [3.8, 4) is 0 Å². The first-order valence-electron chi connectivity index (χ1n) is 4.75. The van der Waals surface area contributed by atoms with Crippen LogP contribution in [0, 0.1) is 5.41 Å². The summed E-state index contributed by atoms with van der Waals surface area (Å²) in [4.78, 5) is 33.7. The van der Waals surface area contributed by atoms with Crippen LogP contribution in [0.15, 0.2) is 22.0 Å². The molecule has 16 heavy (non-hydrogen) atoms. The van der Waals surface area contributed by atoms with Gasteiger partial charge in [0.15, 0.2) is 0 Å². The third-order valence-electron chi connectivity index (χ3n) is 2.38. The molecule has 0 amide bonds. The van der Waals surface area contributed by atoms with E-state index in [4.69, 9.17) is 5.11 Å². The Morgan fingerprint density at radius 3 is 2.38 bits per heavy atom. The number of hydrogen-bond acceptors (Lipinski definition) is 3. The number of aromatic nitrogens is 2. The van der Waals surface area contributed by atoms with Gasteiger partial charge in [0, 0.05) is 26.0 Å². The topological polar surface area (TPSA) is 81.3 Å². The van der Waals surface area contributed by atoms with E-state index in [0.29, 0.717) is 0 Å². The van der Waals surface area contributed by atoms with Crippen LogP contribution in [0.2, 0.25) is 0 Å². The molecule has 0 aromatic carbocycles. The summed E-state index contributed by atoms with van der Waals surface area (Å²) in [5.74, 6) is -1.01. The van der Waals surface area contributed by atoms with Gasteiger partial charge in [0.25, 0.3) is 0 Å². The normalized spacial score (nSPS) is 11.4. The molecule has 0 bridgehead atoms. The summed E-state index contributed by atoms with van der Waals surface area (Å²) in [5, 5.41) is 8.92. The Hall–Kier alpha value is -1.85. The molecule has 88 valence electrons. The lowest BCUT2D eigenvalue weighted by Crippen LogP contribution is -2.43. The summed E-state index contributed by atoms with van der Waals surface area (Å²) in [6.45, 7) is 2.97. The maximum atomic E-state index is 11.5. The SMILES string of the molecule is Cn1ccn(CC(C)(C)C(=O)O)c(=O)c1=O. The van der Waals surface area contributed by atoms with E-state index in [1.165, 1.54) is 33.3 Å². The molecule has 1 rings (SSSR count). The molecule has 6 nitrogen and oxygen atoms in total. The molecule has 1 heterocycles. The molecule has 0 radical (unpaired) electrons. The molecule has 0 fully saturated rings. The van der Waals surface area contributed by atoms with Gasteiger partial charge in [-0.1, -0.05) is 0 Å². The van der Waals surface area contributed by atoms with Gasteiger partial charge in [-0.05, 0) is 13.8 Å². The summed E-state index contributed by atoms with van der Waals surface area (Å²) < 4.78 is 2.28. The standard InChI is InChI=1S/C10H14N2O4/c1-10(2,9(15)16)6-12-5-4-11(3)7(13)8(12)14/h4-5H,6H2,1-3H3,(H,15,16). The van der Waals surface area contributed by atoms with E-state index in [2.05, 4.69) is 0 Å². The average molecular weight is 226 g/mol. The number of aryl methyl sites for hydroxylation is 1. The maximum Gasteiger partial charge on any atom is 0.316 e. The van der Waals surface area contributed by atoms with Gasteiger partial charge >= 0.3 is 17.1 Å². The summed E-state index contributed by atoms with van der Waals surface area (Å²) in [7, 11) is 1.47. The molecule has 1 N–H and O–H groups in total. The predicted octanol–water partition coefficient (Wildman–Crippen LogP) is -0.342. The van der Waals surface area contributed by atoms with E-state index < -0.39 is 22.5 Å². The van der Waals surface area contributed by atoms with Crippen molar-refractivity contribution in [3.63, 3.8) is 0 Å². The summed E-state index contributed by atoms with van der Waals surface area (Å²) in [6, 6.07) is 0. The third kappa shape index (κ3) is 2.21. The third-order valence-corrected chi connectivity index (χ3v) is 2.38. The second-order valence-corrected chi connectivity index (χ2v) is 4.34. The monoisotopic (exact) mass is 226 g/mol. The van der Waals surface area contributed by atoms with E-state index in [9.17, 15) is 14.4 Å². The molecule has 1 aromatic rings. The van der Waals surface area contributed by atoms with Crippen molar-refractivity contribution in [3.05, 3.63) is 33.1 Å². The van der Waals surface area contributed by atoms with Crippen molar-refractivity contribution in [1.29, 1.82) is 0 Å². The summed E-state index contributed by atoms with van der Waals surface area (Å²) >= 11 is 0. The van der Waals surface area contributed by atoms with Crippen LogP contribution in [-0.2, 0) is 18.4 Å². The second-order valence-electron chi connectivity index (χ2n) is 4.34. The molecular formula is C10H14N2O4. The van der Waals surface area contributed by atoms with Crippen LogP contribution in [-0.4, -0.2) is 20.2 Å². The number of rotatable bonds is 3. The van der Waals surface area contributed by atoms with Crippen molar-refractivity contribution < 1.29 is 9.90 Å². The highest BCUT2D eigenvalue weighted by atomic mass is 16.4. The predicted molar refractivity (Wildman–Crippen MR) is 57.4 cm³/mol. The first-order valence-corrected chi connectivity index (χ1v) is 4.75. The lowest BCUT2D eigenvalue weighted by Gasteiger charge is -2.19. The van der Waals surface area contributed by atoms with Gasteiger partial charge in [-0.15, -0.1) is 0 Å². The Kier molecular flexibility index (Phi) is 3.02. The highest BCUT2D eigenvalue weighted by Gasteiger charge is 2.28. The first kappa shape index (κ1) is 12.2. The van der Waals surface area contributed by atoms with Crippen molar-refractivity contribution >= 4 is 5.97 Å². The van der Waals surface area contributed by atoms with Crippen molar-refractivity contribution in [2.75, 3.05) is 0 Å². The molecule has 0 atom stereocenters. The Morgan fingerprint density at radius 1 is 1.31 bits per heavy atom. The van der Waals surface area contributed by atoms with Crippen molar-refractivity contribution in [2.45, 2.75) is 20.4 Å². The van der Waals surface area contributed by atoms with Crippen LogP contribution >= 0.6 is 0 Å². The number of carboxylic acids is 1. The smallest absolute Gasteiger partial charge is 0.316 e. The van der Waals surface area contributed by atoms with Crippen LogP contribution in [0.5, 0.6) is 0 Å². The van der Waals surface area contributed by atoms with Crippen LogP contribution < -0.4 is 11.1 Å². The number of nitrogens with zero attached hydrogens (tertiary/aromatic N) is 2. The summed E-state index contributed by atoms with van der Waals surface area (Å²) in [5.41, 5.74) is -2.46. The maximum absolute atomic E-state index is 11.5. The molecule has 1 aromatic heterocycles. The van der Waals surface area contributed by atoms with Gasteiger partial charge in [-0.25, -0.2) is 0 Å². The Labute approximate surface area is 91.8 Å². The Morgan fingerprint density at radius 2 is 1.88 bits per heavy atom. The molecule has 0 unspecified atom stereocenters.